The van der Waals surface area contributed by atoms with E-state index in [4.69, 9.17) is 15.3 Å². The van der Waals surface area contributed by atoms with Gasteiger partial charge in [0.15, 0.2) is 0 Å². The largest absolute Gasteiger partial charge is 0.495 e. The van der Waals surface area contributed by atoms with Gasteiger partial charge in [-0.3, -0.25) is 4.90 Å². The van der Waals surface area contributed by atoms with Crippen molar-refractivity contribution in [2.24, 2.45) is 0 Å². The van der Waals surface area contributed by atoms with Crippen molar-refractivity contribution in [1.82, 2.24) is 4.90 Å². The maximum absolute atomic E-state index is 9.08. The van der Waals surface area contributed by atoms with Crippen LogP contribution < -0.4 is 4.74 Å². The topological polar surface area (TPSA) is 60.0 Å². The maximum Gasteiger partial charge on any atom is 0.136 e. The van der Waals surface area contributed by atoms with Crippen LogP contribution in [0.25, 0.3) is 0 Å². The first kappa shape index (κ1) is 13.4. The van der Waals surface area contributed by atoms with Gasteiger partial charge in [0.05, 0.1) is 18.7 Å². The summed E-state index contributed by atoms with van der Waals surface area (Å²) in [5.41, 5.74) is 1.67. The van der Waals surface area contributed by atoms with E-state index < -0.39 is 0 Å². The molecule has 0 heterocycles. The lowest BCUT2D eigenvalue weighted by atomic mass is 10.1. The second kappa shape index (κ2) is 6.22. The molecule has 2 rings (SSSR count). The number of rotatable bonds is 6. The van der Waals surface area contributed by atoms with E-state index in [9.17, 15) is 0 Å². The first-order valence-corrected chi connectivity index (χ1v) is 6.46. The van der Waals surface area contributed by atoms with Gasteiger partial charge in [0.1, 0.15) is 11.8 Å². The number of nitriles is 2. The lowest BCUT2D eigenvalue weighted by Crippen LogP contribution is -2.26. The lowest BCUT2D eigenvalue weighted by Gasteiger charge is -2.21. The Balaban J connectivity index is 2.09. The Hall–Kier alpha value is -2.04. The fraction of sp³-hybridized carbons (Fsp3) is 0.467. The van der Waals surface area contributed by atoms with E-state index in [-0.39, 0.29) is 0 Å². The third-order valence-electron chi connectivity index (χ3n) is 3.34. The Labute approximate surface area is 113 Å². The molecule has 1 aliphatic rings. The van der Waals surface area contributed by atoms with Gasteiger partial charge in [-0.25, -0.2) is 0 Å². The molecule has 0 atom stereocenters. The summed E-state index contributed by atoms with van der Waals surface area (Å²) in [5, 5.41) is 17.8. The number of hydrogen-bond acceptors (Lipinski definition) is 4. The average Bonchev–Trinajstić information content (AvgIpc) is 3.27. The number of benzene rings is 1. The van der Waals surface area contributed by atoms with E-state index >= 15 is 0 Å². The molecule has 1 saturated carbocycles. The summed E-state index contributed by atoms with van der Waals surface area (Å²) in [4.78, 5) is 2.33. The van der Waals surface area contributed by atoms with Crippen molar-refractivity contribution in [3.05, 3.63) is 29.3 Å². The van der Waals surface area contributed by atoms with E-state index in [1.54, 1.807) is 7.11 Å². The number of methoxy groups -OCH3 is 1. The molecule has 4 heteroatoms. The quantitative estimate of drug-likeness (QED) is 0.783. The second-order valence-electron chi connectivity index (χ2n) is 4.76. The molecule has 1 fully saturated rings. The summed E-state index contributed by atoms with van der Waals surface area (Å²) in [7, 11) is 1.57. The van der Waals surface area contributed by atoms with Crippen molar-refractivity contribution in [3.63, 3.8) is 0 Å². The maximum atomic E-state index is 9.08. The average molecular weight is 255 g/mol. The predicted molar refractivity (Wildman–Crippen MR) is 71.4 cm³/mol. The zero-order valence-corrected chi connectivity index (χ0v) is 11.1. The predicted octanol–water partition coefficient (Wildman–Crippen LogP) is 2.44. The molecule has 0 radical (unpaired) electrons. The van der Waals surface area contributed by atoms with Crippen molar-refractivity contribution in [2.45, 2.75) is 31.8 Å². The first-order chi connectivity index (χ1) is 9.28. The second-order valence-corrected chi connectivity index (χ2v) is 4.76. The summed E-state index contributed by atoms with van der Waals surface area (Å²) in [5.74, 6) is 0.612. The van der Waals surface area contributed by atoms with Crippen molar-refractivity contribution in [3.8, 4) is 17.9 Å². The number of hydrogen-bond donors (Lipinski definition) is 0. The molecule has 98 valence electrons. The highest BCUT2D eigenvalue weighted by Crippen LogP contribution is 2.29. The highest BCUT2D eigenvalue weighted by Gasteiger charge is 2.28. The van der Waals surface area contributed by atoms with Crippen LogP contribution in [0.4, 0.5) is 0 Å². The molecule has 19 heavy (non-hydrogen) atoms. The Morgan fingerprint density at radius 3 is 2.74 bits per heavy atom. The zero-order valence-electron chi connectivity index (χ0n) is 11.1. The Kier molecular flexibility index (Phi) is 4.39. The highest BCUT2D eigenvalue weighted by molar-refractivity contribution is 5.45. The molecule has 0 unspecified atom stereocenters. The van der Waals surface area contributed by atoms with Crippen LogP contribution in [0.2, 0.25) is 0 Å². The van der Waals surface area contributed by atoms with E-state index in [0.29, 0.717) is 23.8 Å². The van der Waals surface area contributed by atoms with Crippen LogP contribution in [0.1, 0.15) is 30.4 Å². The van der Waals surface area contributed by atoms with Crippen LogP contribution in [0.15, 0.2) is 18.2 Å². The van der Waals surface area contributed by atoms with Gasteiger partial charge >= 0.3 is 0 Å². The van der Waals surface area contributed by atoms with E-state index in [1.807, 2.05) is 18.2 Å². The molecule has 0 bridgehead atoms. The minimum absolute atomic E-state index is 0.553. The summed E-state index contributed by atoms with van der Waals surface area (Å²) in [6.07, 6.45) is 2.98. The van der Waals surface area contributed by atoms with Gasteiger partial charge < -0.3 is 4.74 Å². The van der Waals surface area contributed by atoms with E-state index in [0.717, 1.165) is 18.7 Å². The Morgan fingerprint density at radius 2 is 2.16 bits per heavy atom. The van der Waals surface area contributed by atoms with Crippen molar-refractivity contribution >= 4 is 0 Å². The molecule has 0 aliphatic heterocycles. The van der Waals surface area contributed by atoms with Gasteiger partial charge in [0, 0.05) is 25.6 Å². The van der Waals surface area contributed by atoms with Gasteiger partial charge in [0.2, 0.25) is 0 Å². The van der Waals surface area contributed by atoms with Crippen molar-refractivity contribution in [1.29, 1.82) is 10.5 Å². The Bertz CT molecular complexity index is 523. The SMILES string of the molecule is COc1ccc(CN(CCC#N)C2CC2)cc1C#N. The zero-order chi connectivity index (χ0) is 13.7. The van der Waals surface area contributed by atoms with Crippen LogP contribution in [0.5, 0.6) is 5.75 Å². The standard InChI is InChI=1S/C15H17N3O/c1-19-15-6-3-12(9-13(15)10-17)11-18(8-2-7-16)14-4-5-14/h3,6,9,14H,2,4-5,8,11H2,1H3. The van der Waals surface area contributed by atoms with Crippen molar-refractivity contribution < 1.29 is 4.74 Å². The molecular weight excluding hydrogens is 238 g/mol. The minimum atomic E-state index is 0.553. The smallest absolute Gasteiger partial charge is 0.136 e. The van der Waals surface area contributed by atoms with Gasteiger partial charge in [-0.05, 0) is 30.5 Å². The summed E-state index contributed by atoms with van der Waals surface area (Å²) in [6.45, 7) is 1.60. The summed E-state index contributed by atoms with van der Waals surface area (Å²) < 4.78 is 5.14. The molecule has 0 spiro atoms. The third-order valence-corrected chi connectivity index (χ3v) is 3.34. The number of nitrogens with zero attached hydrogens (tertiary/aromatic N) is 3. The molecule has 4 nitrogen and oxygen atoms in total. The molecule has 1 aromatic rings. The van der Waals surface area contributed by atoms with Crippen LogP contribution in [0, 0.1) is 22.7 Å². The monoisotopic (exact) mass is 255 g/mol. The molecule has 0 amide bonds. The summed E-state index contributed by atoms with van der Waals surface area (Å²) >= 11 is 0. The first-order valence-electron chi connectivity index (χ1n) is 6.46. The summed E-state index contributed by atoms with van der Waals surface area (Å²) in [6, 6.07) is 10.7. The van der Waals surface area contributed by atoms with E-state index in [2.05, 4.69) is 17.0 Å². The lowest BCUT2D eigenvalue weighted by molar-refractivity contribution is 0.261. The van der Waals surface area contributed by atoms with E-state index in [1.165, 1.54) is 12.8 Å². The fourth-order valence-electron chi connectivity index (χ4n) is 2.20. The van der Waals surface area contributed by atoms with Gasteiger partial charge in [-0.1, -0.05) is 6.07 Å². The molecule has 0 aromatic heterocycles. The highest BCUT2D eigenvalue weighted by atomic mass is 16.5. The van der Waals surface area contributed by atoms with Crippen LogP contribution in [-0.4, -0.2) is 24.6 Å². The minimum Gasteiger partial charge on any atom is -0.495 e. The normalized spacial score (nSPS) is 13.9. The van der Waals surface area contributed by atoms with Crippen LogP contribution >= 0.6 is 0 Å². The molecule has 0 saturated heterocycles. The van der Waals surface area contributed by atoms with Gasteiger partial charge in [-0.2, -0.15) is 10.5 Å². The van der Waals surface area contributed by atoms with Crippen LogP contribution in [0.3, 0.4) is 0 Å². The molecule has 1 aromatic carbocycles. The molecule has 0 N–H and O–H groups in total. The van der Waals surface area contributed by atoms with Gasteiger partial charge in [-0.15, -0.1) is 0 Å². The molecular formula is C15H17N3O. The fourth-order valence-corrected chi connectivity index (χ4v) is 2.20. The van der Waals surface area contributed by atoms with Crippen LogP contribution in [-0.2, 0) is 6.54 Å². The van der Waals surface area contributed by atoms with Crippen molar-refractivity contribution in [2.75, 3.05) is 13.7 Å². The van der Waals surface area contributed by atoms with Gasteiger partial charge in [0.25, 0.3) is 0 Å². The third kappa shape index (κ3) is 3.47. The Morgan fingerprint density at radius 1 is 1.37 bits per heavy atom. The molecule has 1 aliphatic carbocycles. The number of ether oxygens (including phenoxy) is 1.